The van der Waals surface area contributed by atoms with Gasteiger partial charge in [-0.3, -0.25) is 0 Å². The molecule has 2 heterocycles. The van der Waals surface area contributed by atoms with Gasteiger partial charge in [0.1, 0.15) is 6.10 Å². The fourth-order valence-electron chi connectivity index (χ4n) is 4.13. The Labute approximate surface area is 201 Å². The summed E-state index contributed by atoms with van der Waals surface area (Å²) in [4.78, 5) is 0. The highest BCUT2D eigenvalue weighted by Gasteiger charge is 2.44. The highest BCUT2D eigenvalue weighted by Crippen LogP contribution is 2.39. The van der Waals surface area contributed by atoms with Crippen molar-refractivity contribution in [3.05, 3.63) is 48.0 Å². The molecule has 0 saturated carbocycles. The monoisotopic (exact) mass is 476 g/mol. The van der Waals surface area contributed by atoms with E-state index in [-0.39, 0.29) is 48.3 Å². The van der Waals surface area contributed by atoms with Crippen LogP contribution in [0.25, 0.3) is 0 Å². The molecule has 0 unspecified atom stereocenters. The summed E-state index contributed by atoms with van der Waals surface area (Å²) in [6.45, 7) is 14.2. The van der Waals surface area contributed by atoms with Gasteiger partial charge in [0, 0.05) is 6.42 Å². The van der Waals surface area contributed by atoms with Crippen LogP contribution >= 0.6 is 0 Å². The van der Waals surface area contributed by atoms with Crippen LogP contribution in [-0.2, 0) is 25.2 Å². The van der Waals surface area contributed by atoms with Gasteiger partial charge in [-0.15, -0.1) is 0 Å². The van der Waals surface area contributed by atoms with Crippen LogP contribution in [0.5, 0.6) is 0 Å². The van der Waals surface area contributed by atoms with E-state index in [1.165, 1.54) is 0 Å². The summed E-state index contributed by atoms with van der Waals surface area (Å²) < 4.78 is 25.7. The predicted octanol–water partition coefficient (Wildman–Crippen LogP) is 5.63. The van der Waals surface area contributed by atoms with E-state index in [0.717, 1.165) is 31.2 Å². The van der Waals surface area contributed by atoms with Gasteiger partial charge in [-0.2, -0.15) is 0 Å². The molecule has 0 aliphatic carbocycles. The first kappa shape index (κ1) is 26.6. The Morgan fingerprint density at radius 3 is 2.33 bits per heavy atom. The van der Waals surface area contributed by atoms with E-state index in [0.29, 0.717) is 6.61 Å². The van der Waals surface area contributed by atoms with E-state index in [1.54, 1.807) is 0 Å². The molecule has 2 aliphatic heterocycles. The molecule has 1 N–H and O–H groups in total. The van der Waals surface area contributed by atoms with E-state index in [4.69, 9.17) is 18.6 Å². The second-order valence-electron chi connectivity index (χ2n) is 10.9. The van der Waals surface area contributed by atoms with Crippen LogP contribution in [0.15, 0.2) is 42.5 Å². The van der Waals surface area contributed by atoms with Gasteiger partial charge >= 0.3 is 0 Å². The second kappa shape index (κ2) is 11.6. The molecule has 0 bridgehead atoms. The first-order valence-corrected chi connectivity index (χ1v) is 15.5. The van der Waals surface area contributed by atoms with Gasteiger partial charge < -0.3 is 23.7 Å². The summed E-state index contributed by atoms with van der Waals surface area (Å²) in [7, 11) is -1.93. The van der Waals surface area contributed by atoms with Crippen molar-refractivity contribution >= 4 is 8.32 Å². The Morgan fingerprint density at radius 2 is 1.73 bits per heavy atom. The number of benzene rings is 1. The van der Waals surface area contributed by atoms with Crippen molar-refractivity contribution in [2.24, 2.45) is 0 Å². The van der Waals surface area contributed by atoms with Gasteiger partial charge in [-0.1, -0.05) is 70.2 Å². The number of rotatable bonds is 10. The van der Waals surface area contributed by atoms with Crippen LogP contribution in [0, 0.1) is 0 Å². The summed E-state index contributed by atoms with van der Waals surface area (Å²) in [5, 5.41) is 9.63. The molecule has 5 nitrogen and oxygen atoms in total. The Morgan fingerprint density at radius 1 is 1.03 bits per heavy atom. The van der Waals surface area contributed by atoms with Gasteiger partial charge in [0.2, 0.25) is 0 Å². The first-order chi connectivity index (χ1) is 15.6. The summed E-state index contributed by atoms with van der Waals surface area (Å²) in [6, 6.07) is 10.3. The third-order valence-corrected chi connectivity index (χ3v) is 11.9. The molecule has 0 radical (unpaired) electrons. The molecule has 33 heavy (non-hydrogen) atoms. The fraction of sp³-hybridized carbons (Fsp3) is 0.704. The minimum Gasteiger partial charge on any atom is -0.411 e. The Bertz CT molecular complexity index is 745. The molecular weight excluding hydrogens is 432 g/mol. The molecule has 1 aromatic rings. The Kier molecular flexibility index (Phi) is 9.35. The smallest absolute Gasteiger partial charge is 0.192 e. The molecular formula is C27H44O5Si. The van der Waals surface area contributed by atoms with Crippen molar-refractivity contribution in [2.45, 2.75) is 115 Å². The molecule has 2 aliphatic rings. The maximum absolute atomic E-state index is 9.48. The Hall–Kier alpha value is -1.02. The molecule has 186 valence electrons. The molecule has 6 heteroatoms. The first-order valence-electron chi connectivity index (χ1n) is 12.5. The molecule has 6 atom stereocenters. The molecule has 0 aromatic heterocycles. The summed E-state index contributed by atoms with van der Waals surface area (Å²) in [5.41, 5.74) is 1.16. The van der Waals surface area contributed by atoms with Crippen LogP contribution in [0.3, 0.4) is 0 Å². The summed E-state index contributed by atoms with van der Waals surface area (Å²) >= 11 is 0. The van der Waals surface area contributed by atoms with Crippen LogP contribution < -0.4 is 0 Å². The lowest BCUT2D eigenvalue weighted by Crippen LogP contribution is -2.49. The second-order valence-corrected chi connectivity index (χ2v) is 15.7. The molecule has 1 aromatic carbocycles. The third-order valence-electron chi connectivity index (χ3n) is 7.38. The minimum atomic E-state index is -1.93. The average molecular weight is 477 g/mol. The normalized spacial score (nSPS) is 30.3. The molecule has 0 amide bonds. The van der Waals surface area contributed by atoms with Crippen LogP contribution in [0.1, 0.15) is 58.9 Å². The van der Waals surface area contributed by atoms with Crippen molar-refractivity contribution in [3.63, 3.8) is 0 Å². The van der Waals surface area contributed by atoms with E-state index in [9.17, 15) is 5.11 Å². The number of hydrogen-bond donors (Lipinski definition) is 1. The molecule has 3 rings (SSSR count). The number of aliphatic hydroxyl groups is 1. The maximum Gasteiger partial charge on any atom is 0.192 e. The zero-order valence-electron chi connectivity index (χ0n) is 21.3. The van der Waals surface area contributed by atoms with E-state index in [2.05, 4.69) is 65.1 Å². The third kappa shape index (κ3) is 7.48. The van der Waals surface area contributed by atoms with Crippen molar-refractivity contribution in [1.29, 1.82) is 0 Å². The van der Waals surface area contributed by atoms with Crippen LogP contribution in [0.4, 0.5) is 0 Å². The number of aliphatic hydroxyl groups excluding tert-OH is 1. The number of epoxide rings is 1. The Balaban J connectivity index is 1.75. The quantitative estimate of drug-likeness (QED) is 0.270. The number of ether oxygens (including phenoxy) is 3. The standard InChI is InChI=1S/C27H44O5Si/c1-7-21(32-33(5,6)27(2,3)4)23-16-12-11-15-22(29-19-20-13-9-8-10-14-20)24(30-23)17-25-26(18-28)31-25/h8-14,21-26,28H,7,15-19H2,1-6H3/b12-11-/t21-,22+,23-,24+,25+,26+/m1/s1. The van der Waals surface area contributed by atoms with Gasteiger partial charge in [-0.05, 0) is 43.0 Å². The lowest BCUT2D eigenvalue weighted by Gasteiger charge is -2.42. The van der Waals surface area contributed by atoms with Crippen molar-refractivity contribution in [1.82, 2.24) is 0 Å². The largest absolute Gasteiger partial charge is 0.411 e. The highest BCUT2D eigenvalue weighted by atomic mass is 28.4. The van der Waals surface area contributed by atoms with Gasteiger partial charge in [-0.25, -0.2) is 0 Å². The van der Waals surface area contributed by atoms with Crippen LogP contribution in [0.2, 0.25) is 18.1 Å². The van der Waals surface area contributed by atoms with Gasteiger partial charge in [0.25, 0.3) is 0 Å². The van der Waals surface area contributed by atoms with E-state index >= 15 is 0 Å². The summed E-state index contributed by atoms with van der Waals surface area (Å²) in [6.07, 6.45) is 7.53. The van der Waals surface area contributed by atoms with Crippen molar-refractivity contribution in [3.8, 4) is 0 Å². The van der Waals surface area contributed by atoms with E-state index in [1.807, 2.05) is 18.2 Å². The predicted molar refractivity (Wildman–Crippen MR) is 135 cm³/mol. The minimum absolute atomic E-state index is 0.0279. The van der Waals surface area contributed by atoms with Gasteiger partial charge in [0.05, 0.1) is 43.7 Å². The average Bonchev–Trinajstić information content (AvgIpc) is 3.52. The van der Waals surface area contributed by atoms with Gasteiger partial charge in [0.15, 0.2) is 8.32 Å². The zero-order chi connectivity index (χ0) is 24.1. The highest BCUT2D eigenvalue weighted by molar-refractivity contribution is 6.74. The van der Waals surface area contributed by atoms with Crippen molar-refractivity contribution in [2.75, 3.05) is 6.61 Å². The van der Waals surface area contributed by atoms with Crippen LogP contribution in [-0.4, -0.2) is 56.7 Å². The summed E-state index contributed by atoms with van der Waals surface area (Å²) in [5.74, 6) is 0. The molecule has 1 fully saturated rings. The molecule has 0 spiro atoms. The van der Waals surface area contributed by atoms with E-state index < -0.39 is 8.32 Å². The topological polar surface area (TPSA) is 60.5 Å². The fourth-order valence-corrected chi connectivity index (χ4v) is 5.56. The lowest BCUT2D eigenvalue weighted by molar-refractivity contribution is -0.136. The molecule has 1 saturated heterocycles. The maximum atomic E-state index is 9.48. The SMILES string of the molecule is CC[C@@H](O[Si](C)(C)C(C)(C)C)[C@H]1C/C=C\C[C@H](OCc2ccccc2)[C@H](C[C@@H]2O[C@H]2CO)O1. The zero-order valence-corrected chi connectivity index (χ0v) is 22.3. The lowest BCUT2D eigenvalue weighted by atomic mass is 9.99. The number of hydrogen-bond acceptors (Lipinski definition) is 5. The van der Waals surface area contributed by atoms with Crippen molar-refractivity contribution < 1.29 is 23.7 Å².